The van der Waals surface area contributed by atoms with Crippen molar-refractivity contribution in [3.63, 3.8) is 0 Å². The van der Waals surface area contributed by atoms with E-state index in [0.717, 1.165) is 6.26 Å². The maximum atomic E-state index is 13.0. The van der Waals surface area contributed by atoms with Gasteiger partial charge in [-0.3, -0.25) is 9.89 Å². The quantitative estimate of drug-likeness (QED) is 0.556. The molecule has 0 amide bonds. The second-order valence-electron chi connectivity index (χ2n) is 5.89. The van der Waals surface area contributed by atoms with Crippen LogP contribution in [0.5, 0.6) is 0 Å². The van der Waals surface area contributed by atoms with Crippen molar-refractivity contribution in [3.05, 3.63) is 58.4 Å². The zero-order valence-electron chi connectivity index (χ0n) is 14.4. The number of hydrogen-bond acceptors (Lipinski definition) is 7. The summed E-state index contributed by atoms with van der Waals surface area (Å²) in [4.78, 5) is 16.9. The second-order valence-corrected chi connectivity index (χ2v) is 8.25. The van der Waals surface area contributed by atoms with Crippen molar-refractivity contribution in [3.8, 4) is 0 Å². The van der Waals surface area contributed by atoms with Crippen LogP contribution >= 0.6 is 11.6 Å². The van der Waals surface area contributed by atoms with Crippen molar-refractivity contribution >= 4 is 44.4 Å². The molecule has 0 aliphatic heterocycles. The predicted molar refractivity (Wildman–Crippen MR) is 103 cm³/mol. The highest BCUT2D eigenvalue weighted by atomic mass is 35.5. The smallest absolute Gasteiger partial charge is 0.198 e. The van der Waals surface area contributed by atoms with Gasteiger partial charge in [0.2, 0.25) is 0 Å². The van der Waals surface area contributed by atoms with E-state index in [1.165, 1.54) is 12.3 Å². The molecular weight excluding hydrogens is 390 g/mol. The maximum Gasteiger partial charge on any atom is 0.198 e. The molecule has 0 saturated heterocycles. The molecule has 3 aromatic rings. The molecule has 0 fully saturated rings. The molecule has 2 aromatic heterocycles. The highest BCUT2D eigenvalue weighted by Crippen LogP contribution is 2.29. The van der Waals surface area contributed by atoms with Crippen LogP contribution in [0.2, 0.25) is 5.02 Å². The fourth-order valence-corrected chi connectivity index (χ4v) is 3.17. The molecule has 27 heavy (non-hydrogen) atoms. The molecule has 3 rings (SSSR count). The number of benzene rings is 1. The molecule has 8 nitrogen and oxygen atoms in total. The summed E-state index contributed by atoms with van der Waals surface area (Å²) >= 11 is 6.12. The van der Waals surface area contributed by atoms with Gasteiger partial charge in [-0.15, -0.1) is 0 Å². The molecule has 10 heteroatoms. The molecule has 0 aliphatic carbocycles. The molecule has 0 spiro atoms. The van der Waals surface area contributed by atoms with Crippen molar-refractivity contribution in [1.29, 1.82) is 0 Å². The number of aromatic amines is 1. The lowest BCUT2D eigenvalue weighted by Gasteiger charge is -2.12. The van der Waals surface area contributed by atoms with E-state index in [1.54, 1.807) is 31.2 Å². The van der Waals surface area contributed by atoms with Gasteiger partial charge in [0, 0.05) is 18.0 Å². The van der Waals surface area contributed by atoms with Crippen LogP contribution in [0.15, 0.2) is 41.6 Å². The Kier molecular flexibility index (Phi) is 4.90. The van der Waals surface area contributed by atoms with Gasteiger partial charge in [-0.2, -0.15) is 5.10 Å². The molecule has 0 bridgehead atoms. The Balaban J connectivity index is 2.14. The minimum atomic E-state index is -3.59. The van der Waals surface area contributed by atoms with Crippen LogP contribution in [-0.4, -0.2) is 35.6 Å². The van der Waals surface area contributed by atoms with Gasteiger partial charge in [-0.05, 0) is 25.1 Å². The lowest BCUT2D eigenvalue weighted by atomic mass is 10.0. The van der Waals surface area contributed by atoms with Gasteiger partial charge in [-0.25, -0.2) is 13.4 Å². The highest BCUT2D eigenvalue weighted by Gasteiger charge is 2.21. The van der Waals surface area contributed by atoms with E-state index < -0.39 is 15.6 Å². The number of hydrogen-bond donors (Lipinski definition) is 3. The normalized spacial score (nSPS) is 11.4. The summed E-state index contributed by atoms with van der Waals surface area (Å²) in [5, 5.41) is 9.73. The number of aryl methyl sites for hydroxylation is 1. The van der Waals surface area contributed by atoms with E-state index in [-0.39, 0.29) is 32.7 Å². The number of carbonyl (C=O) groups is 1. The van der Waals surface area contributed by atoms with Crippen molar-refractivity contribution in [1.82, 2.24) is 15.2 Å². The fraction of sp³-hybridized carbons (Fsp3) is 0.118. The lowest BCUT2D eigenvalue weighted by Crippen LogP contribution is -2.10. The van der Waals surface area contributed by atoms with Crippen LogP contribution in [0.3, 0.4) is 0 Å². The third-order valence-corrected chi connectivity index (χ3v) is 5.18. The number of pyridine rings is 1. The average molecular weight is 406 g/mol. The SMILES string of the molecule is Cc1[nH]nc(Nc2cc(S(C)(=O)=O)ncc2C(=O)c2ccccc2Cl)c1N. The Morgan fingerprint density at radius 1 is 1.26 bits per heavy atom. The van der Waals surface area contributed by atoms with Gasteiger partial charge >= 0.3 is 0 Å². The minimum Gasteiger partial charge on any atom is -0.394 e. The number of nitrogens with one attached hydrogen (secondary N) is 2. The molecule has 0 unspecified atom stereocenters. The summed E-state index contributed by atoms with van der Waals surface area (Å²) in [5.74, 6) is -0.146. The van der Waals surface area contributed by atoms with Gasteiger partial charge in [-0.1, -0.05) is 23.7 Å². The van der Waals surface area contributed by atoms with Crippen LogP contribution in [0, 0.1) is 6.92 Å². The number of ketones is 1. The molecule has 2 heterocycles. The van der Waals surface area contributed by atoms with Crippen LogP contribution in [-0.2, 0) is 9.84 Å². The number of sulfone groups is 1. The van der Waals surface area contributed by atoms with Gasteiger partial charge < -0.3 is 11.1 Å². The van der Waals surface area contributed by atoms with E-state index in [1.807, 2.05) is 0 Å². The van der Waals surface area contributed by atoms with Gasteiger partial charge in [0.1, 0.15) is 0 Å². The van der Waals surface area contributed by atoms with Crippen molar-refractivity contribution in [2.24, 2.45) is 0 Å². The topological polar surface area (TPSA) is 131 Å². The van der Waals surface area contributed by atoms with Gasteiger partial charge in [0.15, 0.2) is 26.5 Å². The molecule has 0 atom stereocenters. The Labute approximate surface area is 160 Å². The summed E-state index contributed by atoms with van der Waals surface area (Å²) in [7, 11) is -3.59. The Morgan fingerprint density at radius 2 is 1.96 bits per heavy atom. The van der Waals surface area contributed by atoms with E-state index in [9.17, 15) is 13.2 Å². The van der Waals surface area contributed by atoms with Crippen LogP contribution < -0.4 is 11.1 Å². The molecular formula is C17H16ClN5O3S. The number of H-pyrrole nitrogens is 1. The first kappa shape index (κ1) is 18.9. The van der Waals surface area contributed by atoms with E-state index in [2.05, 4.69) is 20.5 Å². The maximum absolute atomic E-state index is 13.0. The Hall–Kier alpha value is -2.91. The standard InChI is InChI=1S/C17H16ClN5O3S/c1-9-15(19)17(23-22-9)21-13-7-14(27(2,25)26)20-8-11(13)16(24)10-5-3-4-6-12(10)18/h3-8H,19H2,1-2H3,(H2,20,21,22,23). The lowest BCUT2D eigenvalue weighted by molar-refractivity contribution is 0.103. The predicted octanol–water partition coefficient (Wildman–Crippen LogP) is 2.73. The number of rotatable bonds is 5. The molecule has 0 aliphatic rings. The van der Waals surface area contributed by atoms with E-state index in [0.29, 0.717) is 11.4 Å². The summed E-state index contributed by atoms with van der Waals surface area (Å²) in [6, 6.07) is 7.82. The number of halogens is 1. The van der Waals surface area contributed by atoms with Crippen LogP contribution in [0.25, 0.3) is 0 Å². The highest BCUT2D eigenvalue weighted by molar-refractivity contribution is 7.90. The zero-order chi connectivity index (χ0) is 19.8. The first-order valence-corrected chi connectivity index (χ1v) is 10.0. The Morgan fingerprint density at radius 3 is 2.56 bits per heavy atom. The third kappa shape index (κ3) is 3.79. The first-order chi connectivity index (χ1) is 12.7. The number of nitrogens with two attached hydrogens (primary N) is 1. The number of nitrogens with zero attached hydrogens (tertiary/aromatic N) is 2. The first-order valence-electron chi connectivity index (χ1n) is 7.75. The van der Waals surface area contributed by atoms with Crippen molar-refractivity contribution in [2.75, 3.05) is 17.3 Å². The van der Waals surface area contributed by atoms with Crippen LogP contribution in [0.1, 0.15) is 21.6 Å². The van der Waals surface area contributed by atoms with Crippen molar-refractivity contribution < 1.29 is 13.2 Å². The number of carbonyl (C=O) groups excluding carboxylic acids is 1. The molecule has 0 radical (unpaired) electrons. The summed E-state index contributed by atoms with van der Waals surface area (Å²) in [5.41, 5.74) is 7.53. The van der Waals surface area contributed by atoms with Gasteiger partial charge in [0.25, 0.3) is 0 Å². The summed E-state index contributed by atoms with van der Waals surface area (Å²) in [6.07, 6.45) is 2.22. The van der Waals surface area contributed by atoms with E-state index >= 15 is 0 Å². The Bertz CT molecular complexity index is 1140. The molecule has 1 aromatic carbocycles. The van der Waals surface area contributed by atoms with Crippen LogP contribution in [0.4, 0.5) is 17.2 Å². The van der Waals surface area contributed by atoms with Crippen molar-refractivity contribution in [2.45, 2.75) is 11.9 Å². The number of nitrogen functional groups attached to an aromatic ring is 1. The summed E-state index contributed by atoms with van der Waals surface area (Å²) in [6.45, 7) is 1.73. The summed E-state index contributed by atoms with van der Waals surface area (Å²) < 4.78 is 23.7. The van der Waals surface area contributed by atoms with E-state index in [4.69, 9.17) is 17.3 Å². The number of anilines is 3. The van der Waals surface area contributed by atoms with Gasteiger partial charge in [0.05, 0.1) is 27.7 Å². The molecule has 140 valence electrons. The molecule has 0 saturated carbocycles. The second kappa shape index (κ2) is 7.01. The zero-order valence-corrected chi connectivity index (χ0v) is 16.0. The fourth-order valence-electron chi connectivity index (χ4n) is 2.37. The largest absolute Gasteiger partial charge is 0.394 e. The average Bonchev–Trinajstić information content (AvgIpc) is 2.93. The third-order valence-electron chi connectivity index (χ3n) is 3.87. The number of aromatic nitrogens is 3. The monoisotopic (exact) mass is 405 g/mol. The molecule has 4 N–H and O–H groups in total. The minimum absolute atomic E-state index is 0.135.